The highest BCUT2D eigenvalue weighted by Gasteiger charge is 2.23. The number of rotatable bonds is 2. The molecule has 1 heterocycles. The van der Waals surface area contributed by atoms with Gasteiger partial charge in [0.2, 0.25) is 0 Å². The molecular formula is C8H16BrNS. The molecule has 66 valence electrons. The van der Waals surface area contributed by atoms with Gasteiger partial charge in [-0.05, 0) is 13.8 Å². The molecule has 3 heteroatoms. The fourth-order valence-corrected chi connectivity index (χ4v) is 3.47. The summed E-state index contributed by atoms with van der Waals surface area (Å²) < 4.78 is 0. The lowest BCUT2D eigenvalue weighted by Gasteiger charge is -2.37. The monoisotopic (exact) mass is 237 g/mol. The fraction of sp³-hybridized carbons (Fsp3) is 1.00. The van der Waals surface area contributed by atoms with Crippen LogP contribution in [0.1, 0.15) is 13.8 Å². The van der Waals surface area contributed by atoms with Crippen LogP contribution in [0.4, 0.5) is 0 Å². The molecule has 1 atom stereocenters. The molecule has 1 aliphatic rings. The molecule has 0 spiro atoms. The Morgan fingerprint density at radius 3 is 2.82 bits per heavy atom. The molecule has 1 fully saturated rings. The van der Waals surface area contributed by atoms with Crippen molar-refractivity contribution in [3.63, 3.8) is 0 Å². The summed E-state index contributed by atoms with van der Waals surface area (Å²) in [5.74, 6) is 2.60. The van der Waals surface area contributed by atoms with E-state index in [1.807, 2.05) is 0 Å². The van der Waals surface area contributed by atoms with Gasteiger partial charge in [0, 0.05) is 35.5 Å². The first kappa shape index (κ1) is 9.87. The second kappa shape index (κ2) is 4.73. The van der Waals surface area contributed by atoms with Gasteiger partial charge in [-0.2, -0.15) is 11.8 Å². The largest absolute Gasteiger partial charge is 0.296 e. The number of halogens is 1. The van der Waals surface area contributed by atoms with Crippen molar-refractivity contribution in [2.45, 2.75) is 25.9 Å². The molecule has 0 aromatic rings. The lowest BCUT2D eigenvalue weighted by Crippen LogP contribution is -2.47. The van der Waals surface area contributed by atoms with Crippen molar-refractivity contribution in [2.24, 2.45) is 0 Å². The molecule has 1 nitrogen and oxygen atoms in total. The number of hydrogen-bond donors (Lipinski definition) is 0. The van der Waals surface area contributed by atoms with E-state index in [2.05, 4.69) is 46.4 Å². The first-order chi connectivity index (χ1) is 5.25. The Hall–Kier alpha value is 0.790. The summed E-state index contributed by atoms with van der Waals surface area (Å²) in [6, 6.07) is 1.46. The lowest BCUT2D eigenvalue weighted by atomic mass is 10.2. The molecule has 0 saturated carbocycles. The van der Waals surface area contributed by atoms with Gasteiger partial charge in [0.1, 0.15) is 0 Å². The molecule has 0 aromatic carbocycles. The van der Waals surface area contributed by atoms with E-state index in [1.54, 1.807) is 0 Å². The molecule has 0 aliphatic carbocycles. The molecular weight excluding hydrogens is 222 g/mol. The molecule has 0 aromatic heterocycles. The van der Waals surface area contributed by atoms with Crippen LogP contribution in [0.25, 0.3) is 0 Å². The predicted molar refractivity (Wildman–Crippen MR) is 56.7 cm³/mol. The van der Waals surface area contributed by atoms with Gasteiger partial charge in [-0.25, -0.2) is 0 Å². The third-order valence-corrected chi connectivity index (χ3v) is 3.95. The normalized spacial score (nSPS) is 27.8. The minimum atomic E-state index is 0.707. The Balaban J connectivity index is 2.44. The lowest BCUT2D eigenvalue weighted by molar-refractivity contribution is 0.188. The van der Waals surface area contributed by atoms with Gasteiger partial charge in [0.25, 0.3) is 0 Å². The zero-order valence-corrected chi connectivity index (χ0v) is 9.62. The van der Waals surface area contributed by atoms with Crippen molar-refractivity contribution < 1.29 is 0 Å². The van der Waals surface area contributed by atoms with E-state index in [4.69, 9.17) is 0 Å². The molecule has 0 radical (unpaired) electrons. The number of alkyl halides is 1. The minimum absolute atomic E-state index is 0.707. The van der Waals surface area contributed by atoms with Crippen LogP contribution in [0.3, 0.4) is 0 Å². The van der Waals surface area contributed by atoms with Gasteiger partial charge in [0.15, 0.2) is 0 Å². The van der Waals surface area contributed by atoms with E-state index < -0.39 is 0 Å². The van der Waals surface area contributed by atoms with Crippen LogP contribution in [0.2, 0.25) is 0 Å². The summed E-state index contributed by atoms with van der Waals surface area (Å²) in [6.45, 7) is 5.83. The Morgan fingerprint density at radius 1 is 1.64 bits per heavy atom. The van der Waals surface area contributed by atoms with Crippen LogP contribution < -0.4 is 0 Å². The van der Waals surface area contributed by atoms with Crippen LogP contribution in [-0.2, 0) is 0 Å². The smallest absolute Gasteiger partial charge is 0.0286 e. The van der Waals surface area contributed by atoms with Crippen LogP contribution in [-0.4, -0.2) is 40.4 Å². The summed E-state index contributed by atoms with van der Waals surface area (Å²) in [4.78, 5) is 2.59. The molecule has 1 unspecified atom stereocenters. The first-order valence-corrected chi connectivity index (χ1v) is 6.42. The molecule has 0 bridgehead atoms. The maximum absolute atomic E-state index is 3.56. The van der Waals surface area contributed by atoms with Crippen LogP contribution in [0.5, 0.6) is 0 Å². The maximum Gasteiger partial charge on any atom is 0.0286 e. The highest BCUT2D eigenvalue weighted by molar-refractivity contribution is 9.09. The van der Waals surface area contributed by atoms with E-state index in [-0.39, 0.29) is 0 Å². The van der Waals surface area contributed by atoms with Crippen molar-refractivity contribution in [1.82, 2.24) is 4.90 Å². The van der Waals surface area contributed by atoms with E-state index in [0.717, 1.165) is 11.4 Å². The van der Waals surface area contributed by atoms with E-state index in [9.17, 15) is 0 Å². The van der Waals surface area contributed by atoms with Gasteiger partial charge in [-0.15, -0.1) is 0 Å². The van der Waals surface area contributed by atoms with Crippen molar-refractivity contribution in [3.05, 3.63) is 0 Å². The van der Waals surface area contributed by atoms with Gasteiger partial charge < -0.3 is 0 Å². The Bertz CT molecular complexity index is 119. The SMILES string of the molecule is CC(C)N1CCSCC1CBr. The topological polar surface area (TPSA) is 3.24 Å². The predicted octanol–water partition coefficient (Wildman–Crippen LogP) is 2.21. The van der Waals surface area contributed by atoms with Crippen LogP contribution in [0, 0.1) is 0 Å². The summed E-state index contributed by atoms with van der Waals surface area (Å²) in [6.07, 6.45) is 0. The second-order valence-corrected chi connectivity index (χ2v) is 5.01. The molecule has 11 heavy (non-hydrogen) atoms. The third kappa shape index (κ3) is 2.63. The summed E-state index contributed by atoms with van der Waals surface area (Å²) in [5.41, 5.74) is 0. The zero-order valence-electron chi connectivity index (χ0n) is 7.22. The van der Waals surface area contributed by atoms with E-state index >= 15 is 0 Å². The molecule has 0 amide bonds. The Morgan fingerprint density at radius 2 is 2.36 bits per heavy atom. The third-order valence-electron chi connectivity index (χ3n) is 2.11. The van der Waals surface area contributed by atoms with E-state index in [1.165, 1.54) is 18.1 Å². The van der Waals surface area contributed by atoms with Gasteiger partial charge in [-0.1, -0.05) is 15.9 Å². The molecule has 1 aliphatic heterocycles. The summed E-state index contributed by atoms with van der Waals surface area (Å²) in [7, 11) is 0. The number of thioether (sulfide) groups is 1. The van der Waals surface area contributed by atoms with Crippen LogP contribution >= 0.6 is 27.7 Å². The Kier molecular flexibility index (Phi) is 4.24. The number of hydrogen-bond acceptors (Lipinski definition) is 2. The number of nitrogens with zero attached hydrogens (tertiary/aromatic N) is 1. The molecule has 0 N–H and O–H groups in total. The summed E-state index contributed by atoms with van der Waals surface area (Å²) in [5, 5.41) is 1.12. The average Bonchev–Trinajstić information content (AvgIpc) is 2.04. The maximum atomic E-state index is 3.56. The quantitative estimate of drug-likeness (QED) is 0.678. The first-order valence-electron chi connectivity index (χ1n) is 4.15. The standard InChI is InChI=1S/C8H16BrNS/c1-7(2)10-3-4-11-6-8(10)5-9/h7-8H,3-6H2,1-2H3. The van der Waals surface area contributed by atoms with Gasteiger partial charge >= 0.3 is 0 Å². The van der Waals surface area contributed by atoms with Gasteiger partial charge in [-0.3, -0.25) is 4.90 Å². The minimum Gasteiger partial charge on any atom is -0.296 e. The highest BCUT2D eigenvalue weighted by atomic mass is 79.9. The summed E-state index contributed by atoms with van der Waals surface area (Å²) >= 11 is 5.64. The fourth-order valence-electron chi connectivity index (χ4n) is 1.48. The van der Waals surface area contributed by atoms with Crippen molar-refractivity contribution >= 4 is 27.7 Å². The Labute approximate surface area is 82.0 Å². The van der Waals surface area contributed by atoms with Crippen molar-refractivity contribution in [2.75, 3.05) is 23.4 Å². The second-order valence-electron chi connectivity index (χ2n) is 3.21. The molecule has 1 saturated heterocycles. The van der Waals surface area contributed by atoms with Crippen molar-refractivity contribution in [3.8, 4) is 0 Å². The van der Waals surface area contributed by atoms with Gasteiger partial charge in [0.05, 0.1) is 0 Å². The zero-order chi connectivity index (χ0) is 8.27. The van der Waals surface area contributed by atoms with E-state index in [0.29, 0.717) is 6.04 Å². The highest BCUT2D eigenvalue weighted by Crippen LogP contribution is 2.19. The average molecular weight is 238 g/mol. The van der Waals surface area contributed by atoms with Crippen molar-refractivity contribution in [1.29, 1.82) is 0 Å². The molecule has 1 rings (SSSR count). The van der Waals surface area contributed by atoms with Crippen LogP contribution in [0.15, 0.2) is 0 Å².